The molecule has 2 amide bonds. The number of hydrogen-bond donors (Lipinski definition) is 1. The van der Waals surface area contributed by atoms with Crippen molar-refractivity contribution in [3.63, 3.8) is 0 Å². The summed E-state index contributed by atoms with van der Waals surface area (Å²) in [5.41, 5.74) is 1.89. The van der Waals surface area contributed by atoms with Gasteiger partial charge in [0.15, 0.2) is 6.61 Å². The van der Waals surface area contributed by atoms with Crippen LogP contribution in [0.15, 0.2) is 18.2 Å². The topological polar surface area (TPSA) is 61.9 Å². The van der Waals surface area contributed by atoms with Crippen LogP contribution in [0, 0.1) is 6.92 Å². The Morgan fingerprint density at radius 3 is 2.75 bits per heavy atom. The fourth-order valence-corrected chi connectivity index (χ4v) is 3.54. The number of rotatable bonds is 11. The third-order valence-corrected chi connectivity index (χ3v) is 5.26. The van der Waals surface area contributed by atoms with E-state index in [2.05, 4.69) is 31.0 Å². The molecule has 0 saturated carbocycles. The van der Waals surface area contributed by atoms with Gasteiger partial charge in [-0.25, -0.2) is 0 Å². The lowest BCUT2D eigenvalue weighted by atomic mass is 10.1. The van der Waals surface area contributed by atoms with E-state index in [0.29, 0.717) is 19.4 Å². The van der Waals surface area contributed by atoms with E-state index in [4.69, 9.17) is 4.74 Å². The van der Waals surface area contributed by atoms with E-state index in [0.717, 1.165) is 49.5 Å². The number of carbonyl (C=O) groups is 2. The van der Waals surface area contributed by atoms with E-state index in [9.17, 15) is 9.59 Å². The Labute approximate surface area is 169 Å². The molecule has 1 aliphatic heterocycles. The molecule has 28 heavy (non-hydrogen) atoms. The number of fused-ring (bicyclic) bond motifs is 1. The Bertz CT molecular complexity index is 658. The normalized spacial score (nSPS) is 14.6. The van der Waals surface area contributed by atoms with Crippen molar-refractivity contribution in [1.29, 1.82) is 0 Å². The van der Waals surface area contributed by atoms with Gasteiger partial charge in [0, 0.05) is 19.0 Å². The highest BCUT2D eigenvalue weighted by atomic mass is 16.5. The quantitative estimate of drug-likeness (QED) is 0.632. The number of nitrogens with one attached hydrogen (secondary N) is 1. The Balaban J connectivity index is 1.73. The minimum atomic E-state index is -0.0525. The van der Waals surface area contributed by atoms with E-state index in [-0.39, 0.29) is 24.5 Å². The van der Waals surface area contributed by atoms with Crippen molar-refractivity contribution >= 4 is 17.5 Å². The van der Waals surface area contributed by atoms with Crippen molar-refractivity contribution in [3.05, 3.63) is 23.8 Å². The molecular weight excluding hydrogens is 354 g/mol. The second-order valence-corrected chi connectivity index (χ2v) is 7.55. The van der Waals surface area contributed by atoms with Gasteiger partial charge >= 0.3 is 0 Å². The molecule has 1 atom stereocenters. The first-order valence-electron chi connectivity index (χ1n) is 10.5. The average Bonchev–Trinajstić information content (AvgIpc) is 2.67. The first-order chi connectivity index (χ1) is 13.4. The van der Waals surface area contributed by atoms with Crippen LogP contribution in [0.25, 0.3) is 0 Å². The predicted molar refractivity (Wildman–Crippen MR) is 113 cm³/mol. The molecule has 1 N–H and O–H groups in total. The van der Waals surface area contributed by atoms with Crippen molar-refractivity contribution in [1.82, 2.24) is 10.2 Å². The van der Waals surface area contributed by atoms with Gasteiger partial charge in [-0.1, -0.05) is 19.9 Å². The van der Waals surface area contributed by atoms with Gasteiger partial charge in [-0.05, 0) is 70.4 Å². The van der Waals surface area contributed by atoms with Gasteiger partial charge in [0.1, 0.15) is 5.75 Å². The summed E-state index contributed by atoms with van der Waals surface area (Å²) >= 11 is 0. The van der Waals surface area contributed by atoms with Gasteiger partial charge in [-0.3, -0.25) is 9.59 Å². The summed E-state index contributed by atoms with van der Waals surface area (Å²) < 4.78 is 5.50. The maximum atomic E-state index is 12.2. The molecule has 1 aromatic carbocycles. The second kappa shape index (κ2) is 11.1. The summed E-state index contributed by atoms with van der Waals surface area (Å²) in [6, 6.07) is 6.01. The molecule has 6 heteroatoms. The Hall–Kier alpha value is -2.08. The Morgan fingerprint density at radius 1 is 1.29 bits per heavy atom. The van der Waals surface area contributed by atoms with Gasteiger partial charge in [0.2, 0.25) is 5.91 Å². The summed E-state index contributed by atoms with van der Waals surface area (Å²) in [5.74, 6) is 0.736. The lowest BCUT2D eigenvalue weighted by Gasteiger charge is -2.29. The van der Waals surface area contributed by atoms with Crippen molar-refractivity contribution in [3.8, 4) is 5.75 Å². The first-order valence-corrected chi connectivity index (χ1v) is 10.5. The standard InChI is InChI=1S/C22H35N3O3/c1-5-24(6-2)13-7-9-18(4)23-21(26)10-8-14-25-19-15-17(3)11-12-20(19)28-16-22(25)27/h11-12,15,18H,5-10,13-14,16H2,1-4H3,(H,23,26)/t18-/m1/s1. The van der Waals surface area contributed by atoms with E-state index in [1.807, 2.05) is 25.1 Å². The van der Waals surface area contributed by atoms with Crippen molar-refractivity contribution in [2.24, 2.45) is 0 Å². The molecule has 1 aliphatic rings. The maximum Gasteiger partial charge on any atom is 0.265 e. The molecule has 6 nitrogen and oxygen atoms in total. The molecule has 0 aromatic heterocycles. The number of carbonyl (C=O) groups excluding carboxylic acids is 2. The van der Waals surface area contributed by atoms with Crippen LogP contribution in [0.5, 0.6) is 5.75 Å². The second-order valence-electron chi connectivity index (χ2n) is 7.55. The summed E-state index contributed by atoms with van der Waals surface area (Å²) in [4.78, 5) is 28.6. The Morgan fingerprint density at radius 2 is 2.04 bits per heavy atom. The highest BCUT2D eigenvalue weighted by molar-refractivity contribution is 5.98. The third-order valence-electron chi connectivity index (χ3n) is 5.26. The number of amides is 2. The number of hydrogen-bond acceptors (Lipinski definition) is 4. The summed E-state index contributed by atoms with van der Waals surface area (Å²) in [5, 5.41) is 3.08. The predicted octanol–water partition coefficient (Wildman–Crippen LogP) is 3.13. The SMILES string of the molecule is CCN(CC)CCC[C@@H](C)NC(=O)CCCN1C(=O)COc2ccc(C)cc21. The third kappa shape index (κ3) is 6.51. The highest BCUT2D eigenvalue weighted by Crippen LogP contribution is 2.32. The van der Waals surface area contributed by atoms with Gasteiger partial charge in [0.05, 0.1) is 5.69 Å². The minimum Gasteiger partial charge on any atom is -0.482 e. The number of aryl methyl sites for hydroxylation is 1. The van der Waals surface area contributed by atoms with Gasteiger partial charge in [0.25, 0.3) is 5.91 Å². The van der Waals surface area contributed by atoms with E-state index in [1.165, 1.54) is 0 Å². The van der Waals surface area contributed by atoms with Crippen LogP contribution >= 0.6 is 0 Å². The lowest BCUT2D eigenvalue weighted by Crippen LogP contribution is -2.40. The van der Waals surface area contributed by atoms with Gasteiger partial charge < -0.3 is 19.9 Å². The fraction of sp³-hybridized carbons (Fsp3) is 0.636. The van der Waals surface area contributed by atoms with E-state index in [1.54, 1.807) is 4.90 Å². The van der Waals surface area contributed by atoms with E-state index < -0.39 is 0 Å². The molecule has 0 bridgehead atoms. The average molecular weight is 390 g/mol. The molecular formula is C22H35N3O3. The summed E-state index contributed by atoms with van der Waals surface area (Å²) in [6.07, 6.45) is 3.13. The van der Waals surface area contributed by atoms with Crippen molar-refractivity contribution in [2.45, 2.75) is 59.4 Å². The molecule has 0 radical (unpaired) electrons. The molecule has 1 heterocycles. The molecule has 0 aliphatic carbocycles. The zero-order chi connectivity index (χ0) is 20.5. The van der Waals surface area contributed by atoms with Crippen molar-refractivity contribution < 1.29 is 14.3 Å². The van der Waals surface area contributed by atoms with Crippen molar-refractivity contribution in [2.75, 3.05) is 37.7 Å². The highest BCUT2D eigenvalue weighted by Gasteiger charge is 2.25. The summed E-state index contributed by atoms with van der Waals surface area (Å²) in [6.45, 7) is 12.2. The zero-order valence-electron chi connectivity index (χ0n) is 17.8. The summed E-state index contributed by atoms with van der Waals surface area (Å²) in [7, 11) is 0. The number of ether oxygens (including phenoxy) is 1. The largest absolute Gasteiger partial charge is 0.482 e. The molecule has 0 saturated heterocycles. The van der Waals surface area contributed by atoms with Crippen LogP contribution in [-0.4, -0.2) is 55.5 Å². The van der Waals surface area contributed by atoms with Crippen LogP contribution in [0.4, 0.5) is 5.69 Å². The first kappa shape index (κ1) is 22.2. The number of nitrogens with zero attached hydrogens (tertiary/aromatic N) is 2. The number of anilines is 1. The van der Waals surface area contributed by atoms with Crippen LogP contribution in [0.1, 0.15) is 52.0 Å². The van der Waals surface area contributed by atoms with Gasteiger partial charge in [-0.15, -0.1) is 0 Å². The fourth-order valence-electron chi connectivity index (χ4n) is 3.54. The molecule has 0 spiro atoms. The van der Waals surface area contributed by atoms with Crippen LogP contribution in [-0.2, 0) is 9.59 Å². The smallest absolute Gasteiger partial charge is 0.265 e. The minimum absolute atomic E-state index is 0.0525. The molecule has 2 rings (SSSR count). The molecule has 156 valence electrons. The molecule has 0 fully saturated rings. The van der Waals surface area contributed by atoms with E-state index >= 15 is 0 Å². The monoisotopic (exact) mass is 389 g/mol. The van der Waals surface area contributed by atoms with Crippen LogP contribution in [0.3, 0.4) is 0 Å². The van der Waals surface area contributed by atoms with Crippen LogP contribution in [0.2, 0.25) is 0 Å². The Kier molecular flexibility index (Phi) is 8.77. The molecule has 0 unspecified atom stereocenters. The maximum absolute atomic E-state index is 12.2. The molecule has 1 aromatic rings. The zero-order valence-corrected chi connectivity index (χ0v) is 17.8. The number of benzene rings is 1. The lowest BCUT2D eigenvalue weighted by molar-refractivity contribution is -0.123. The van der Waals surface area contributed by atoms with Crippen LogP contribution < -0.4 is 15.0 Å². The van der Waals surface area contributed by atoms with Gasteiger partial charge in [-0.2, -0.15) is 0 Å².